The van der Waals surface area contributed by atoms with E-state index in [0.29, 0.717) is 18.6 Å². The topological polar surface area (TPSA) is 34.1 Å². The van der Waals surface area contributed by atoms with Gasteiger partial charge in [0.2, 0.25) is 5.88 Å². The van der Waals surface area contributed by atoms with Gasteiger partial charge in [0.15, 0.2) is 0 Å². The van der Waals surface area contributed by atoms with Crippen molar-refractivity contribution in [3.05, 3.63) is 23.9 Å². The second-order valence-corrected chi connectivity index (χ2v) is 4.74. The molecule has 0 saturated heterocycles. The third-order valence-electron chi connectivity index (χ3n) is 2.08. The van der Waals surface area contributed by atoms with Crippen molar-refractivity contribution in [2.45, 2.75) is 40.3 Å². The Labute approximate surface area is 98.2 Å². The van der Waals surface area contributed by atoms with Gasteiger partial charge in [-0.15, -0.1) is 0 Å². The number of hydrogen-bond acceptors (Lipinski definition) is 3. The predicted molar refractivity (Wildman–Crippen MR) is 66.5 cm³/mol. The zero-order chi connectivity index (χ0) is 12.0. The number of rotatable bonds is 6. The van der Waals surface area contributed by atoms with Gasteiger partial charge in [-0.25, -0.2) is 4.98 Å². The van der Waals surface area contributed by atoms with E-state index in [-0.39, 0.29) is 0 Å². The average molecular weight is 222 g/mol. The van der Waals surface area contributed by atoms with Gasteiger partial charge in [-0.1, -0.05) is 27.7 Å². The van der Waals surface area contributed by atoms with Gasteiger partial charge in [-0.3, -0.25) is 0 Å². The van der Waals surface area contributed by atoms with Crippen molar-refractivity contribution < 1.29 is 4.74 Å². The van der Waals surface area contributed by atoms with E-state index < -0.39 is 0 Å². The molecule has 0 aliphatic rings. The molecule has 1 N–H and O–H groups in total. The molecule has 0 aromatic carbocycles. The van der Waals surface area contributed by atoms with Crippen molar-refractivity contribution >= 4 is 0 Å². The van der Waals surface area contributed by atoms with Crippen molar-refractivity contribution in [3.8, 4) is 5.88 Å². The van der Waals surface area contributed by atoms with Gasteiger partial charge in [0.25, 0.3) is 0 Å². The molecule has 0 radical (unpaired) electrons. The largest absolute Gasteiger partial charge is 0.477 e. The monoisotopic (exact) mass is 222 g/mol. The maximum atomic E-state index is 5.58. The van der Waals surface area contributed by atoms with Crippen molar-refractivity contribution in [3.63, 3.8) is 0 Å². The quantitative estimate of drug-likeness (QED) is 0.803. The summed E-state index contributed by atoms with van der Waals surface area (Å²) in [6.07, 6.45) is 1.80. The summed E-state index contributed by atoms with van der Waals surface area (Å²) in [6.45, 7) is 10.1. The first-order chi connectivity index (χ1) is 7.58. The van der Waals surface area contributed by atoms with E-state index in [1.807, 2.05) is 12.1 Å². The molecular weight excluding hydrogens is 200 g/mol. The maximum absolute atomic E-state index is 5.58. The lowest BCUT2D eigenvalue weighted by Crippen LogP contribution is -2.21. The smallest absolute Gasteiger partial charge is 0.213 e. The van der Waals surface area contributed by atoms with E-state index in [1.54, 1.807) is 6.20 Å². The van der Waals surface area contributed by atoms with Crippen molar-refractivity contribution in [2.24, 2.45) is 5.92 Å². The Kier molecular flexibility index (Phi) is 5.26. The Morgan fingerprint density at radius 2 is 2.06 bits per heavy atom. The molecule has 16 heavy (non-hydrogen) atoms. The fraction of sp³-hybridized carbons (Fsp3) is 0.615. The molecule has 1 aromatic heterocycles. The Morgan fingerprint density at radius 3 is 2.69 bits per heavy atom. The summed E-state index contributed by atoms with van der Waals surface area (Å²) in [5, 5.41) is 3.37. The lowest BCUT2D eigenvalue weighted by Gasteiger charge is -2.10. The highest BCUT2D eigenvalue weighted by Gasteiger charge is 2.01. The number of pyridine rings is 1. The minimum absolute atomic E-state index is 0.494. The summed E-state index contributed by atoms with van der Waals surface area (Å²) in [5.74, 6) is 1.25. The van der Waals surface area contributed by atoms with Crippen LogP contribution >= 0.6 is 0 Å². The molecular formula is C13H22N2O. The second-order valence-electron chi connectivity index (χ2n) is 4.74. The van der Waals surface area contributed by atoms with Crippen molar-refractivity contribution in [1.82, 2.24) is 10.3 Å². The van der Waals surface area contributed by atoms with Crippen LogP contribution in [0.25, 0.3) is 0 Å². The minimum atomic E-state index is 0.494. The highest BCUT2D eigenvalue weighted by atomic mass is 16.5. The van der Waals surface area contributed by atoms with Crippen LogP contribution in [0.15, 0.2) is 18.3 Å². The van der Waals surface area contributed by atoms with Gasteiger partial charge >= 0.3 is 0 Å². The lowest BCUT2D eigenvalue weighted by atomic mass is 10.2. The molecule has 1 heterocycles. The van der Waals surface area contributed by atoms with Crippen LogP contribution in [0.5, 0.6) is 5.88 Å². The van der Waals surface area contributed by atoms with Gasteiger partial charge in [-0.2, -0.15) is 0 Å². The molecule has 0 saturated carbocycles. The van der Waals surface area contributed by atoms with Crippen LogP contribution in [0, 0.1) is 5.92 Å². The van der Waals surface area contributed by atoms with E-state index in [2.05, 4.69) is 38.0 Å². The van der Waals surface area contributed by atoms with E-state index >= 15 is 0 Å². The zero-order valence-electron chi connectivity index (χ0n) is 10.7. The first-order valence-electron chi connectivity index (χ1n) is 5.89. The van der Waals surface area contributed by atoms with Crippen LogP contribution in [-0.2, 0) is 6.54 Å². The van der Waals surface area contributed by atoms with Gasteiger partial charge in [0.05, 0.1) is 6.61 Å². The Balaban J connectivity index is 2.50. The van der Waals surface area contributed by atoms with Gasteiger partial charge in [0, 0.05) is 24.8 Å². The number of aromatic nitrogens is 1. The predicted octanol–water partition coefficient (Wildman–Crippen LogP) is 2.61. The Hall–Kier alpha value is -1.09. The summed E-state index contributed by atoms with van der Waals surface area (Å²) in [5.41, 5.74) is 1.21. The molecule has 1 rings (SSSR count). The number of nitrogens with one attached hydrogen (secondary N) is 1. The number of ether oxygens (including phenoxy) is 1. The van der Waals surface area contributed by atoms with Gasteiger partial charge in [-0.05, 0) is 17.5 Å². The van der Waals surface area contributed by atoms with Crippen LogP contribution < -0.4 is 10.1 Å². The number of nitrogens with zero attached hydrogens (tertiary/aromatic N) is 1. The van der Waals surface area contributed by atoms with Crippen LogP contribution in [0.3, 0.4) is 0 Å². The highest BCUT2D eigenvalue weighted by Crippen LogP contribution is 2.10. The highest BCUT2D eigenvalue weighted by molar-refractivity contribution is 5.20. The third-order valence-corrected chi connectivity index (χ3v) is 2.08. The molecule has 0 fully saturated rings. The Morgan fingerprint density at radius 1 is 1.31 bits per heavy atom. The van der Waals surface area contributed by atoms with Crippen LogP contribution in [0.2, 0.25) is 0 Å². The molecule has 90 valence electrons. The summed E-state index contributed by atoms with van der Waals surface area (Å²) in [4.78, 5) is 4.19. The van der Waals surface area contributed by atoms with Crippen LogP contribution in [0.1, 0.15) is 33.3 Å². The van der Waals surface area contributed by atoms with Gasteiger partial charge in [0.1, 0.15) is 0 Å². The molecule has 1 aromatic rings. The third kappa shape index (κ3) is 5.12. The maximum Gasteiger partial charge on any atom is 0.213 e. The second kappa shape index (κ2) is 6.48. The molecule has 0 aliphatic carbocycles. The summed E-state index contributed by atoms with van der Waals surface area (Å²) in [6, 6.07) is 4.50. The van der Waals surface area contributed by atoms with E-state index in [1.165, 1.54) is 5.56 Å². The normalized spacial score (nSPS) is 11.1. The Bertz CT molecular complexity index is 283. The molecule has 0 bridgehead atoms. The lowest BCUT2D eigenvalue weighted by molar-refractivity contribution is 0.261. The summed E-state index contributed by atoms with van der Waals surface area (Å²) in [7, 11) is 0. The van der Waals surface area contributed by atoms with Crippen LogP contribution in [0.4, 0.5) is 0 Å². The summed E-state index contributed by atoms with van der Waals surface area (Å²) >= 11 is 0. The molecule has 0 unspecified atom stereocenters. The van der Waals surface area contributed by atoms with E-state index in [0.717, 1.165) is 12.4 Å². The van der Waals surface area contributed by atoms with E-state index in [9.17, 15) is 0 Å². The molecule has 3 heteroatoms. The van der Waals surface area contributed by atoms with E-state index in [4.69, 9.17) is 4.74 Å². The molecule has 0 atom stereocenters. The first-order valence-corrected chi connectivity index (χ1v) is 5.89. The standard InChI is InChI=1S/C13H22N2O/c1-10(2)9-16-13-7-12(5-6-14-13)8-15-11(3)4/h5-7,10-11,15H,8-9H2,1-4H3. The SMILES string of the molecule is CC(C)COc1cc(CNC(C)C)ccn1. The van der Waals surface area contributed by atoms with Gasteiger partial charge < -0.3 is 10.1 Å². The minimum Gasteiger partial charge on any atom is -0.477 e. The number of hydrogen-bond donors (Lipinski definition) is 1. The molecule has 0 amide bonds. The average Bonchev–Trinajstić information content (AvgIpc) is 2.24. The summed E-state index contributed by atoms with van der Waals surface area (Å²) < 4.78 is 5.58. The van der Waals surface area contributed by atoms with Crippen LogP contribution in [-0.4, -0.2) is 17.6 Å². The molecule has 0 aliphatic heterocycles. The molecule has 0 spiro atoms. The molecule has 3 nitrogen and oxygen atoms in total. The fourth-order valence-corrected chi connectivity index (χ4v) is 1.21. The zero-order valence-corrected chi connectivity index (χ0v) is 10.7. The first kappa shape index (κ1) is 13.0. The van der Waals surface area contributed by atoms with Crippen molar-refractivity contribution in [2.75, 3.05) is 6.61 Å². The fourth-order valence-electron chi connectivity index (χ4n) is 1.21. The van der Waals surface area contributed by atoms with Crippen molar-refractivity contribution in [1.29, 1.82) is 0 Å².